The Morgan fingerprint density at radius 3 is 1.28 bits per heavy atom. The van der Waals surface area contributed by atoms with E-state index in [2.05, 4.69) is 106 Å². The molecule has 0 bridgehead atoms. The molecule has 2 aromatic rings. The molecule has 2 aromatic carbocycles. The second-order valence-electron chi connectivity index (χ2n) is 10.5. The highest BCUT2D eigenvalue weighted by atomic mass is 14.8. The van der Waals surface area contributed by atoms with E-state index in [9.17, 15) is 0 Å². The lowest BCUT2D eigenvalue weighted by molar-refractivity contribution is 0.589. The Labute approximate surface area is 178 Å². The van der Waals surface area contributed by atoms with Crippen molar-refractivity contribution in [1.29, 1.82) is 0 Å². The van der Waals surface area contributed by atoms with Crippen LogP contribution in [-0.2, 0) is 10.8 Å². The molecule has 0 saturated carbocycles. The molecule has 2 nitrogen and oxygen atoms in total. The van der Waals surface area contributed by atoms with Crippen molar-refractivity contribution in [3.05, 3.63) is 58.7 Å². The van der Waals surface area contributed by atoms with Crippen molar-refractivity contribution in [3.8, 4) is 0 Å². The maximum atomic E-state index is 4.89. The van der Waals surface area contributed by atoms with E-state index >= 15 is 0 Å². The predicted molar refractivity (Wildman–Crippen MR) is 130 cm³/mol. The van der Waals surface area contributed by atoms with Crippen LogP contribution in [-0.4, -0.2) is 11.4 Å². The lowest BCUT2D eigenvalue weighted by Gasteiger charge is -2.20. The van der Waals surface area contributed by atoms with Crippen molar-refractivity contribution in [3.63, 3.8) is 0 Å². The highest BCUT2D eigenvalue weighted by molar-refractivity contribution is 6.04. The Balaban J connectivity index is 2.26. The lowest BCUT2D eigenvalue weighted by atomic mass is 9.86. The number of aryl methyl sites for hydroxylation is 2. The van der Waals surface area contributed by atoms with Crippen molar-refractivity contribution in [2.24, 2.45) is 9.98 Å². The molecule has 0 heterocycles. The van der Waals surface area contributed by atoms with E-state index in [0.29, 0.717) is 0 Å². The fraction of sp³-hybridized carbons (Fsp3) is 0.481. The molecule has 0 aliphatic carbocycles. The summed E-state index contributed by atoms with van der Waals surface area (Å²) in [7, 11) is 0. The first kappa shape index (κ1) is 23.1. The molecule has 0 radical (unpaired) electrons. The maximum Gasteiger partial charge on any atom is 0.0634 e. The molecule has 0 fully saturated rings. The van der Waals surface area contributed by atoms with Crippen molar-refractivity contribution < 1.29 is 0 Å². The summed E-state index contributed by atoms with van der Waals surface area (Å²) in [6, 6.07) is 13.2. The van der Waals surface area contributed by atoms with Gasteiger partial charge in [0.2, 0.25) is 0 Å². The van der Waals surface area contributed by atoms with Crippen LogP contribution in [0, 0.1) is 13.8 Å². The molecule has 0 N–H and O–H groups in total. The summed E-state index contributed by atoms with van der Waals surface area (Å²) < 4.78 is 0. The molecular formula is C27H38N2. The summed E-state index contributed by atoms with van der Waals surface area (Å²) in [6.45, 7) is 21.9. The summed E-state index contributed by atoms with van der Waals surface area (Å²) in [5.41, 5.74) is 9.63. The van der Waals surface area contributed by atoms with Gasteiger partial charge in [-0.3, -0.25) is 9.98 Å². The Kier molecular flexibility index (Phi) is 6.88. The first-order valence-corrected chi connectivity index (χ1v) is 10.6. The first-order valence-electron chi connectivity index (χ1n) is 10.6. The highest BCUT2D eigenvalue weighted by Gasteiger charge is 2.15. The van der Waals surface area contributed by atoms with Gasteiger partial charge in [-0.25, -0.2) is 0 Å². The SMILES string of the molecule is C/C(C/C(C)=N/c1cc(C)cc(C(C)(C)C)c1)=N\c1cc(C)cc(C(C)(C)C)c1. The lowest BCUT2D eigenvalue weighted by Crippen LogP contribution is -2.11. The minimum atomic E-state index is 0.123. The van der Waals surface area contributed by atoms with Crippen LogP contribution in [0.5, 0.6) is 0 Å². The van der Waals surface area contributed by atoms with Gasteiger partial charge in [-0.2, -0.15) is 0 Å². The average molecular weight is 391 g/mol. The Bertz CT molecular complexity index is 854. The fourth-order valence-corrected chi connectivity index (χ4v) is 3.41. The van der Waals surface area contributed by atoms with E-state index in [1.165, 1.54) is 22.3 Å². The molecule has 0 aromatic heterocycles. The van der Waals surface area contributed by atoms with E-state index in [1.807, 2.05) is 0 Å². The van der Waals surface area contributed by atoms with Crippen LogP contribution < -0.4 is 0 Å². The monoisotopic (exact) mass is 390 g/mol. The summed E-state index contributed by atoms with van der Waals surface area (Å²) in [5.74, 6) is 0. The Morgan fingerprint density at radius 1 is 0.621 bits per heavy atom. The minimum absolute atomic E-state index is 0.123. The molecule has 29 heavy (non-hydrogen) atoms. The average Bonchev–Trinajstić information content (AvgIpc) is 2.51. The van der Waals surface area contributed by atoms with Gasteiger partial charge in [-0.15, -0.1) is 0 Å². The van der Waals surface area contributed by atoms with E-state index in [-0.39, 0.29) is 10.8 Å². The molecule has 0 aliphatic heterocycles. The Hall–Kier alpha value is -2.22. The van der Waals surface area contributed by atoms with Crippen LogP contribution in [0.1, 0.15) is 84.1 Å². The third-order valence-corrected chi connectivity index (χ3v) is 5.01. The van der Waals surface area contributed by atoms with Crippen LogP contribution in [0.15, 0.2) is 46.4 Å². The van der Waals surface area contributed by atoms with Crippen molar-refractivity contribution >= 4 is 22.8 Å². The van der Waals surface area contributed by atoms with Crippen molar-refractivity contribution in [1.82, 2.24) is 0 Å². The zero-order valence-electron chi connectivity index (χ0n) is 20.1. The van der Waals surface area contributed by atoms with E-state index in [0.717, 1.165) is 29.2 Å². The summed E-state index contributed by atoms with van der Waals surface area (Å²) in [6.07, 6.45) is 0.775. The number of rotatable bonds is 4. The van der Waals surface area contributed by atoms with Gasteiger partial charge in [0.05, 0.1) is 11.4 Å². The van der Waals surface area contributed by atoms with Crippen LogP contribution in [0.25, 0.3) is 0 Å². The fourth-order valence-electron chi connectivity index (χ4n) is 3.41. The maximum absolute atomic E-state index is 4.89. The molecule has 0 unspecified atom stereocenters. The van der Waals surface area contributed by atoms with Gasteiger partial charge >= 0.3 is 0 Å². The van der Waals surface area contributed by atoms with Gasteiger partial charge in [0, 0.05) is 17.8 Å². The molecule has 0 saturated heterocycles. The van der Waals surface area contributed by atoms with Crippen LogP contribution in [0.4, 0.5) is 11.4 Å². The standard InChI is InChI=1S/C27H38N2/c1-18-11-22(26(5,6)7)16-24(13-18)28-20(3)15-21(4)29-25-14-19(2)12-23(17-25)27(8,9)10/h11-14,16-17H,15H2,1-10H3/b28-20+,29-21+. The van der Waals surface area contributed by atoms with Gasteiger partial charge < -0.3 is 0 Å². The zero-order valence-corrected chi connectivity index (χ0v) is 20.1. The largest absolute Gasteiger partial charge is 0.258 e. The van der Waals surface area contributed by atoms with Gasteiger partial charge in [0.25, 0.3) is 0 Å². The van der Waals surface area contributed by atoms with Gasteiger partial charge in [0.1, 0.15) is 0 Å². The van der Waals surface area contributed by atoms with Crippen molar-refractivity contribution in [2.45, 2.75) is 86.5 Å². The summed E-state index contributed by atoms with van der Waals surface area (Å²) in [4.78, 5) is 9.77. The number of hydrogen-bond donors (Lipinski definition) is 0. The zero-order chi connectivity index (χ0) is 22.0. The molecule has 156 valence electrons. The van der Waals surface area contributed by atoms with Gasteiger partial charge in [-0.05, 0) is 85.0 Å². The molecule has 0 spiro atoms. The minimum Gasteiger partial charge on any atom is -0.258 e. The van der Waals surface area contributed by atoms with Gasteiger partial charge in [-0.1, -0.05) is 53.7 Å². The molecule has 0 atom stereocenters. The number of hydrogen-bond acceptors (Lipinski definition) is 2. The third kappa shape index (κ3) is 6.96. The van der Waals surface area contributed by atoms with E-state index in [1.54, 1.807) is 0 Å². The summed E-state index contributed by atoms with van der Waals surface area (Å²) >= 11 is 0. The predicted octanol–water partition coefficient (Wildman–Crippen LogP) is 8.17. The topological polar surface area (TPSA) is 24.7 Å². The smallest absolute Gasteiger partial charge is 0.0634 e. The van der Waals surface area contributed by atoms with Crippen LogP contribution in [0.2, 0.25) is 0 Å². The molecule has 0 amide bonds. The highest BCUT2D eigenvalue weighted by Crippen LogP contribution is 2.29. The quantitative estimate of drug-likeness (QED) is 0.470. The summed E-state index contributed by atoms with van der Waals surface area (Å²) in [5, 5.41) is 0. The normalized spacial score (nSPS) is 13.7. The number of aliphatic imine (C=N–C) groups is 2. The second-order valence-corrected chi connectivity index (χ2v) is 10.5. The third-order valence-electron chi connectivity index (χ3n) is 5.01. The van der Waals surface area contributed by atoms with E-state index < -0.39 is 0 Å². The molecule has 2 rings (SSSR count). The van der Waals surface area contributed by atoms with E-state index in [4.69, 9.17) is 9.98 Å². The second kappa shape index (κ2) is 8.65. The number of nitrogens with zero attached hydrogens (tertiary/aromatic N) is 2. The first-order chi connectivity index (χ1) is 13.2. The van der Waals surface area contributed by atoms with Crippen molar-refractivity contribution in [2.75, 3.05) is 0 Å². The van der Waals surface area contributed by atoms with Gasteiger partial charge in [0.15, 0.2) is 0 Å². The van der Waals surface area contributed by atoms with Crippen LogP contribution >= 0.6 is 0 Å². The molecular weight excluding hydrogens is 352 g/mol. The number of benzene rings is 2. The molecule has 0 aliphatic rings. The Morgan fingerprint density at radius 2 is 0.966 bits per heavy atom. The van der Waals surface area contributed by atoms with Crippen LogP contribution in [0.3, 0.4) is 0 Å². The molecule has 2 heteroatoms.